The number of rotatable bonds is 3. The van der Waals surface area contributed by atoms with E-state index in [1.807, 2.05) is 6.08 Å². The van der Waals surface area contributed by atoms with Gasteiger partial charge in [0, 0.05) is 32.2 Å². The van der Waals surface area contributed by atoms with Crippen molar-refractivity contribution >= 4 is 5.96 Å². The van der Waals surface area contributed by atoms with Gasteiger partial charge in [0.25, 0.3) is 0 Å². The zero-order valence-electron chi connectivity index (χ0n) is 11.2. The molecule has 4 heteroatoms. The second-order valence-corrected chi connectivity index (χ2v) is 5.22. The number of ether oxygens (including phenoxy) is 1. The molecule has 102 valence electrons. The van der Waals surface area contributed by atoms with Crippen LogP contribution in [-0.2, 0) is 4.74 Å². The minimum absolute atomic E-state index is 0.158. The van der Waals surface area contributed by atoms with Gasteiger partial charge in [-0.25, -0.2) is 0 Å². The minimum Gasteiger partial charge on any atom is -0.374 e. The van der Waals surface area contributed by atoms with E-state index in [9.17, 15) is 0 Å². The average Bonchev–Trinajstić information content (AvgIpc) is 2.67. The fourth-order valence-electron chi connectivity index (χ4n) is 2.72. The molecule has 0 aromatic heterocycles. The Morgan fingerprint density at radius 2 is 2.06 bits per heavy atom. The maximum atomic E-state index is 6.09. The molecule has 2 aliphatic heterocycles. The van der Waals surface area contributed by atoms with Gasteiger partial charge in [0.2, 0.25) is 0 Å². The predicted octanol–water partition coefficient (Wildman–Crippen LogP) is 1.77. The highest BCUT2D eigenvalue weighted by atomic mass is 16.5. The fraction of sp³-hybridized carbons (Fsp3) is 0.786. The van der Waals surface area contributed by atoms with Crippen LogP contribution in [0.1, 0.15) is 32.1 Å². The molecule has 0 aromatic carbocycles. The second-order valence-electron chi connectivity index (χ2n) is 5.22. The molecule has 2 saturated heterocycles. The number of nitrogens with zero attached hydrogens (tertiary/aromatic N) is 2. The van der Waals surface area contributed by atoms with Gasteiger partial charge in [0.15, 0.2) is 5.96 Å². The van der Waals surface area contributed by atoms with Crippen LogP contribution in [0, 0.1) is 5.92 Å². The summed E-state index contributed by atoms with van der Waals surface area (Å²) >= 11 is 0. The van der Waals surface area contributed by atoms with E-state index in [1.165, 1.54) is 25.7 Å². The standard InChI is InChI=1S/C14H25N3O/c1-2-13-12(7-10-18-13)11-16-14(15)17-8-5-3-4-6-9-17/h2,12-13H,1,3-11H2,(H2,15,16)/t12-,13-/m0/s1. The van der Waals surface area contributed by atoms with Crippen LogP contribution in [0.4, 0.5) is 0 Å². The predicted molar refractivity (Wildman–Crippen MR) is 74.6 cm³/mol. The van der Waals surface area contributed by atoms with Crippen LogP contribution >= 0.6 is 0 Å². The van der Waals surface area contributed by atoms with Crippen molar-refractivity contribution in [2.24, 2.45) is 16.6 Å². The molecular weight excluding hydrogens is 226 g/mol. The highest BCUT2D eigenvalue weighted by Crippen LogP contribution is 2.22. The lowest BCUT2D eigenvalue weighted by molar-refractivity contribution is 0.129. The Balaban J connectivity index is 1.85. The SMILES string of the molecule is C=C[C@@H]1OCC[C@H]1CN=C(N)N1CCCCCC1. The molecule has 2 atom stereocenters. The molecule has 2 rings (SSSR count). The summed E-state index contributed by atoms with van der Waals surface area (Å²) in [7, 11) is 0. The monoisotopic (exact) mass is 251 g/mol. The molecule has 0 saturated carbocycles. The van der Waals surface area contributed by atoms with Crippen LogP contribution in [0.3, 0.4) is 0 Å². The topological polar surface area (TPSA) is 50.9 Å². The molecule has 0 bridgehead atoms. The Morgan fingerprint density at radius 1 is 1.33 bits per heavy atom. The maximum Gasteiger partial charge on any atom is 0.191 e. The number of guanidine groups is 1. The van der Waals surface area contributed by atoms with Crippen LogP contribution in [0.2, 0.25) is 0 Å². The number of nitrogens with two attached hydrogens (primary N) is 1. The highest BCUT2D eigenvalue weighted by molar-refractivity contribution is 5.78. The van der Waals surface area contributed by atoms with Gasteiger partial charge in [-0.05, 0) is 19.3 Å². The summed E-state index contributed by atoms with van der Waals surface area (Å²) in [5, 5.41) is 0. The Kier molecular flexibility index (Phi) is 5.05. The van der Waals surface area contributed by atoms with E-state index in [0.29, 0.717) is 11.9 Å². The summed E-state index contributed by atoms with van der Waals surface area (Å²) in [5.74, 6) is 1.17. The van der Waals surface area contributed by atoms with Crippen molar-refractivity contribution in [3.63, 3.8) is 0 Å². The van der Waals surface area contributed by atoms with Gasteiger partial charge in [-0.3, -0.25) is 4.99 Å². The van der Waals surface area contributed by atoms with Gasteiger partial charge >= 0.3 is 0 Å². The summed E-state index contributed by atoms with van der Waals surface area (Å²) in [6, 6.07) is 0. The first-order chi connectivity index (χ1) is 8.81. The Bertz CT molecular complexity index is 295. The lowest BCUT2D eigenvalue weighted by Crippen LogP contribution is -2.38. The van der Waals surface area contributed by atoms with Crippen LogP contribution in [0.5, 0.6) is 0 Å². The molecule has 2 N–H and O–H groups in total. The first-order valence-electron chi connectivity index (χ1n) is 7.10. The maximum absolute atomic E-state index is 6.09. The number of likely N-dealkylation sites (tertiary alicyclic amines) is 1. The van der Waals surface area contributed by atoms with Crippen molar-refractivity contribution in [1.29, 1.82) is 0 Å². The largest absolute Gasteiger partial charge is 0.374 e. The van der Waals surface area contributed by atoms with E-state index >= 15 is 0 Å². The van der Waals surface area contributed by atoms with Crippen LogP contribution in [0.25, 0.3) is 0 Å². The van der Waals surface area contributed by atoms with Crippen LogP contribution < -0.4 is 5.73 Å². The molecule has 0 aromatic rings. The third kappa shape index (κ3) is 3.48. The second kappa shape index (κ2) is 6.78. The zero-order valence-corrected chi connectivity index (χ0v) is 11.2. The van der Waals surface area contributed by atoms with E-state index in [0.717, 1.165) is 32.7 Å². The molecule has 0 unspecified atom stereocenters. The van der Waals surface area contributed by atoms with Crippen LogP contribution in [0.15, 0.2) is 17.6 Å². The van der Waals surface area contributed by atoms with Crippen molar-refractivity contribution in [2.75, 3.05) is 26.2 Å². The van der Waals surface area contributed by atoms with Gasteiger partial charge in [-0.1, -0.05) is 18.9 Å². The van der Waals surface area contributed by atoms with Gasteiger partial charge in [-0.15, -0.1) is 6.58 Å². The number of aliphatic imine (C=N–C) groups is 1. The van der Waals surface area contributed by atoms with E-state index in [2.05, 4.69) is 16.5 Å². The van der Waals surface area contributed by atoms with Crippen molar-refractivity contribution in [2.45, 2.75) is 38.2 Å². The fourth-order valence-corrected chi connectivity index (χ4v) is 2.72. The van der Waals surface area contributed by atoms with E-state index in [1.54, 1.807) is 0 Å². The Hall–Kier alpha value is -1.03. The van der Waals surface area contributed by atoms with E-state index in [-0.39, 0.29) is 6.10 Å². The van der Waals surface area contributed by atoms with Crippen molar-refractivity contribution in [1.82, 2.24) is 4.90 Å². The number of hydrogen-bond donors (Lipinski definition) is 1. The molecule has 2 aliphatic rings. The van der Waals surface area contributed by atoms with Crippen molar-refractivity contribution in [3.8, 4) is 0 Å². The third-order valence-corrected chi connectivity index (χ3v) is 3.91. The van der Waals surface area contributed by atoms with Gasteiger partial charge in [0.1, 0.15) is 0 Å². The highest BCUT2D eigenvalue weighted by Gasteiger charge is 2.25. The average molecular weight is 251 g/mol. The van der Waals surface area contributed by atoms with Crippen molar-refractivity contribution < 1.29 is 4.74 Å². The molecule has 0 amide bonds. The summed E-state index contributed by atoms with van der Waals surface area (Å²) in [5.41, 5.74) is 6.09. The van der Waals surface area contributed by atoms with Crippen LogP contribution in [-0.4, -0.2) is 43.2 Å². The summed E-state index contributed by atoms with van der Waals surface area (Å²) in [6.45, 7) is 7.50. The molecule has 4 nitrogen and oxygen atoms in total. The Labute approximate surface area is 110 Å². The molecule has 0 radical (unpaired) electrons. The summed E-state index contributed by atoms with van der Waals surface area (Å²) in [6.07, 6.45) is 8.21. The van der Waals surface area contributed by atoms with Gasteiger partial charge in [-0.2, -0.15) is 0 Å². The third-order valence-electron chi connectivity index (χ3n) is 3.91. The first kappa shape index (κ1) is 13.4. The first-order valence-corrected chi connectivity index (χ1v) is 7.10. The molecule has 18 heavy (non-hydrogen) atoms. The number of hydrogen-bond acceptors (Lipinski definition) is 2. The molecule has 0 aliphatic carbocycles. The molecule has 2 heterocycles. The van der Waals surface area contributed by atoms with Gasteiger partial charge in [0.05, 0.1) is 6.10 Å². The molecular formula is C14H25N3O. The summed E-state index contributed by atoms with van der Waals surface area (Å²) in [4.78, 5) is 6.79. The van der Waals surface area contributed by atoms with Gasteiger partial charge < -0.3 is 15.4 Å². The summed E-state index contributed by atoms with van der Waals surface area (Å²) < 4.78 is 5.57. The van der Waals surface area contributed by atoms with E-state index in [4.69, 9.17) is 10.5 Å². The quantitative estimate of drug-likeness (QED) is 0.472. The zero-order chi connectivity index (χ0) is 12.8. The molecule has 0 spiro atoms. The molecule has 2 fully saturated rings. The Morgan fingerprint density at radius 3 is 2.72 bits per heavy atom. The van der Waals surface area contributed by atoms with Crippen molar-refractivity contribution in [3.05, 3.63) is 12.7 Å². The lowest BCUT2D eigenvalue weighted by atomic mass is 10.0. The minimum atomic E-state index is 0.158. The normalized spacial score (nSPS) is 30.2. The lowest BCUT2D eigenvalue weighted by Gasteiger charge is -2.22. The smallest absolute Gasteiger partial charge is 0.191 e. The van der Waals surface area contributed by atoms with E-state index < -0.39 is 0 Å².